The number of rotatable bonds is 3. The summed E-state index contributed by atoms with van der Waals surface area (Å²) in [6, 6.07) is 0.849. The molecule has 0 saturated heterocycles. The van der Waals surface area contributed by atoms with E-state index in [9.17, 15) is 13.2 Å². The zero-order chi connectivity index (χ0) is 12.3. The quantitative estimate of drug-likeness (QED) is 0.772. The maximum Gasteiger partial charge on any atom is 0.433 e. The maximum atomic E-state index is 12.3. The molecule has 0 aromatic carbocycles. The minimum absolute atomic E-state index is 0.128. The molecule has 16 heavy (non-hydrogen) atoms. The van der Waals surface area contributed by atoms with E-state index in [0.717, 1.165) is 12.3 Å². The van der Waals surface area contributed by atoms with Crippen LogP contribution in [0.3, 0.4) is 0 Å². The number of nitrogens with zero attached hydrogens (tertiary/aromatic N) is 2. The van der Waals surface area contributed by atoms with Crippen molar-refractivity contribution in [2.45, 2.75) is 31.8 Å². The van der Waals surface area contributed by atoms with Crippen LogP contribution in [0.4, 0.5) is 13.2 Å². The Labute approximate surface area is 96.9 Å². The SMILES string of the molecule is CC(C)C(Cl)Cc1nccc(C(F)(F)F)n1. The molecule has 0 spiro atoms. The zero-order valence-electron chi connectivity index (χ0n) is 8.92. The molecular formula is C10H12ClF3N2. The molecule has 1 unspecified atom stereocenters. The molecule has 0 amide bonds. The Morgan fingerprint density at radius 2 is 2.00 bits per heavy atom. The molecule has 1 heterocycles. The average molecular weight is 253 g/mol. The summed E-state index contributed by atoms with van der Waals surface area (Å²) in [6.45, 7) is 3.79. The second kappa shape index (κ2) is 4.99. The van der Waals surface area contributed by atoms with Gasteiger partial charge in [-0.05, 0) is 12.0 Å². The van der Waals surface area contributed by atoms with Crippen LogP contribution in [-0.2, 0) is 12.6 Å². The molecule has 1 aromatic heterocycles. The second-order valence-corrected chi connectivity index (χ2v) is 4.38. The van der Waals surface area contributed by atoms with Crippen molar-refractivity contribution in [3.05, 3.63) is 23.8 Å². The average Bonchev–Trinajstić information content (AvgIpc) is 2.16. The highest BCUT2D eigenvalue weighted by atomic mass is 35.5. The molecule has 1 rings (SSSR count). The third kappa shape index (κ3) is 3.63. The van der Waals surface area contributed by atoms with E-state index >= 15 is 0 Å². The van der Waals surface area contributed by atoms with Gasteiger partial charge < -0.3 is 0 Å². The first-order valence-electron chi connectivity index (χ1n) is 4.84. The molecule has 0 fully saturated rings. The summed E-state index contributed by atoms with van der Waals surface area (Å²) in [4.78, 5) is 7.23. The first kappa shape index (κ1) is 13.2. The minimum atomic E-state index is -4.43. The molecule has 0 saturated carbocycles. The molecule has 0 aliphatic heterocycles. The molecule has 90 valence electrons. The zero-order valence-corrected chi connectivity index (χ0v) is 9.68. The van der Waals surface area contributed by atoms with Crippen molar-refractivity contribution in [3.63, 3.8) is 0 Å². The Morgan fingerprint density at radius 1 is 1.38 bits per heavy atom. The van der Waals surface area contributed by atoms with Gasteiger partial charge in [-0.1, -0.05) is 13.8 Å². The third-order valence-electron chi connectivity index (χ3n) is 2.10. The van der Waals surface area contributed by atoms with Crippen molar-refractivity contribution in [3.8, 4) is 0 Å². The Kier molecular flexibility index (Phi) is 4.13. The predicted octanol–water partition coefficient (Wildman–Crippen LogP) is 3.30. The van der Waals surface area contributed by atoms with E-state index in [4.69, 9.17) is 11.6 Å². The van der Waals surface area contributed by atoms with E-state index in [-0.39, 0.29) is 23.5 Å². The van der Waals surface area contributed by atoms with Crippen LogP contribution >= 0.6 is 11.6 Å². The van der Waals surface area contributed by atoms with Gasteiger partial charge in [-0.3, -0.25) is 0 Å². The number of halogens is 4. The van der Waals surface area contributed by atoms with Crippen molar-refractivity contribution in [1.29, 1.82) is 0 Å². The van der Waals surface area contributed by atoms with Crippen LogP contribution < -0.4 is 0 Å². The van der Waals surface area contributed by atoms with Crippen molar-refractivity contribution in [2.75, 3.05) is 0 Å². The van der Waals surface area contributed by atoms with Gasteiger partial charge in [0.25, 0.3) is 0 Å². The normalized spacial score (nSPS) is 14.2. The minimum Gasteiger partial charge on any atom is -0.241 e. The van der Waals surface area contributed by atoms with Gasteiger partial charge in [0.05, 0.1) is 0 Å². The van der Waals surface area contributed by atoms with Crippen LogP contribution in [0.5, 0.6) is 0 Å². The molecule has 2 nitrogen and oxygen atoms in total. The lowest BCUT2D eigenvalue weighted by Crippen LogP contribution is -2.16. The molecule has 0 bridgehead atoms. The monoisotopic (exact) mass is 252 g/mol. The van der Waals surface area contributed by atoms with Gasteiger partial charge in [-0.15, -0.1) is 11.6 Å². The fourth-order valence-electron chi connectivity index (χ4n) is 1.07. The molecule has 6 heteroatoms. The number of hydrogen-bond donors (Lipinski definition) is 0. The molecule has 0 aliphatic rings. The van der Waals surface area contributed by atoms with Crippen LogP contribution in [-0.4, -0.2) is 15.3 Å². The first-order valence-corrected chi connectivity index (χ1v) is 5.27. The maximum absolute atomic E-state index is 12.3. The van der Waals surface area contributed by atoms with Crippen LogP contribution in [0.2, 0.25) is 0 Å². The largest absolute Gasteiger partial charge is 0.433 e. The number of hydrogen-bond acceptors (Lipinski definition) is 2. The lowest BCUT2D eigenvalue weighted by atomic mass is 10.1. The Bertz CT molecular complexity index is 352. The fraction of sp³-hybridized carbons (Fsp3) is 0.600. The number of alkyl halides is 4. The smallest absolute Gasteiger partial charge is 0.241 e. The van der Waals surface area contributed by atoms with E-state index in [1.54, 1.807) is 0 Å². The first-order chi connectivity index (χ1) is 7.30. The molecule has 0 aliphatic carbocycles. The Morgan fingerprint density at radius 3 is 2.50 bits per heavy atom. The highest BCUT2D eigenvalue weighted by Gasteiger charge is 2.32. The van der Waals surface area contributed by atoms with Crippen molar-refractivity contribution in [2.24, 2.45) is 5.92 Å². The summed E-state index contributed by atoms with van der Waals surface area (Å²) < 4.78 is 37.0. The van der Waals surface area contributed by atoms with Gasteiger partial charge in [-0.25, -0.2) is 9.97 Å². The summed E-state index contributed by atoms with van der Waals surface area (Å²) in [6.07, 6.45) is -3.09. The topological polar surface area (TPSA) is 25.8 Å². The van der Waals surface area contributed by atoms with E-state index in [2.05, 4.69) is 9.97 Å². The van der Waals surface area contributed by atoms with Crippen LogP contribution in [0.25, 0.3) is 0 Å². The summed E-state index contributed by atoms with van der Waals surface area (Å²) in [5, 5.41) is -0.261. The van der Waals surface area contributed by atoms with Gasteiger partial charge in [-0.2, -0.15) is 13.2 Å². The standard InChI is InChI=1S/C10H12ClF3N2/c1-6(2)7(11)5-9-15-4-3-8(16-9)10(12,13)14/h3-4,6-7H,5H2,1-2H3. The van der Waals surface area contributed by atoms with Gasteiger partial charge >= 0.3 is 6.18 Å². The Balaban J connectivity index is 2.83. The fourth-order valence-corrected chi connectivity index (χ4v) is 1.20. The molecular weight excluding hydrogens is 241 g/mol. The highest BCUT2D eigenvalue weighted by Crippen LogP contribution is 2.27. The van der Waals surface area contributed by atoms with Gasteiger partial charge in [0.2, 0.25) is 0 Å². The second-order valence-electron chi connectivity index (χ2n) is 3.82. The molecule has 1 atom stereocenters. The van der Waals surface area contributed by atoms with E-state index in [0.29, 0.717) is 0 Å². The summed E-state index contributed by atoms with van der Waals surface area (Å²) in [5.41, 5.74) is -0.926. The number of aromatic nitrogens is 2. The summed E-state index contributed by atoms with van der Waals surface area (Å²) in [5.74, 6) is 0.295. The van der Waals surface area contributed by atoms with Crippen molar-refractivity contribution >= 4 is 11.6 Å². The predicted molar refractivity (Wildman–Crippen MR) is 55.2 cm³/mol. The summed E-state index contributed by atoms with van der Waals surface area (Å²) >= 11 is 5.96. The summed E-state index contributed by atoms with van der Waals surface area (Å²) in [7, 11) is 0. The van der Waals surface area contributed by atoms with Gasteiger partial charge in [0.15, 0.2) is 0 Å². The van der Waals surface area contributed by atoms with Crippen molar-refractivity contribution in [1.82, 2.24) is 9.97 Å². The van der Waals surface area contributed by atoms with Gasteiger partial charge in [0.1, 0.15) is 11.5 Å². The molecule has 1 aromatic rings. The van der Waals surface area contributed by atoms with E-state index < -0.39 is 11.9 Å². The van der Waals surface area contributed by atoms with E-state index in [1.165, 1.54) is 0 Å². The van der Waals surface area contributed by atoms with Crippen LogP contribution in [0, 0.1) is 5.92 Å². The molecule has 0 radical (unpaired) electrons. The third-order valence-corrected chi connectivity index (χ3v) is 2.76. The highest BCUT2D eigenvalue weighted by molar-refractivity contribution is 6.20. The lowest BCUT2D eigenvalue weighted by Gasteiger charge is -2.12. The van der Waals surface area contributed by atoms with Gasteiger partial charge in [0, 0.05) is 18.0 Å². The van der Waals surface area contributed by atoms with Crippen LogP contribution in [0.1, 0.15) is 25.4 Å². The Hall–Kier alpha value is -0.840. The van der Waals surface area contributed by atoms with E-state index in [1.807, 2.05) is 13.8 Å². The van der Waals surface area contributed by atoms with Crippen molar-refractivity contribution < 1.29 is 13.2 Å². The lowest BCUT2D eigenvalue weighted by molar-refractivity contribution is -0.141. The van der Waals surface area contributed by atoms with Crippen LogP contribution in [0.15, 0.2) is 12.3 Å². The molecule has 0 N–H and O–H groups in total.